The Morgan fingerprint density at radius 1 is 1.00 bits per heavy atom. The highest BCUT2D eigenvalue weighted by molar-refractivity contribution is 7.54. The molecular formula is C18H32ClO4PSi. The van der Waals surface area contributed by atoms with Crippen LogP contribution in [-0.4, -0.2) is 21.5 Å². The van der Waals surface area contributed by atoms with Gasteiger partial charge in [0, 0.05) is 5.02 Å². The Morgan fingerprint density at radius 2 is 1.48 bits per heavy atom. The fourth-order valence-electron chi connectivity index (χ4n) is 2.12. The third kappa shape index (κ3) is 8.38. The van der Waals surface area contributed by atoms with Gasteiger partial charge in [-0.3, -0.25) is 4.57 Å². The summed E-state index contributed by atoms with van der Waals surface area (Å²) < 4.78 is 31.5. The summed E-state index contributed by atoms with van der Waals surface area (Å²) >= 11 is 6.00. The van der Waals surface area contributed by atoms with Crippen molar-refractivity contribution >= 4 is 27.5 Å². The lowest BCUT2D eigenvalue weighted by Crippen LogP contribution is -2.29. The van der Waals surface area contributed by atoms with Gasteiger partial charge in [-0.05, 0) is 50.2 Å². The maximum Gasteiger partial charge on any atom is 0.362 e. The summed E-state index contributed by atoms with van der Waals surface area (Å²) in [6.45, 7) is 11.1. The zero-order valence-electron chi connectivity index (χ0n) is 16.1. The Labute approximate surface area is 158 Å². The molecule has 0 unspecified atom stereocenters. The molecule has 144 valence electrons. The van der Waals surface area contributed by atoms with Crippen LogP contribution in [0.3, 0.4) is 0 Å². The van der Waals surface area contributed by atoms with Crippen LogP contribution in [0, 0.1) is 0 Å². The van der Waals surface area contributed by atoms with Crippen LogP contribution in [-0.2, 0) is 18.0 Å². The van der Waals surface area contributed by atoms with Crippen LogP contribution in [0.1, 0.15) is 50.9 Å². The lowest BCUT2D eigenvalue weighted by molar-refractivity contribution is 0.147. The summed E-state index contributed by atoms with van der Waals surface area (Å²) in [5.74, 6) is -0.717. The van der Waals surface area contributed by atoms with Gasteiger partial charge in [-0.25, -0.2) is 0 Å². The maximum absolute atomic E-state index is 13.6. The lowest BCUT2D eigenvalue weighted by atomic mass is 10.2. The minimum atomic E-state index is -3.45. The number of benzene rings is 1. The van der Waals surface area contributed by atoms with E-state index in [1.165, 1.54) is 0 Å². The molecule has 25 heavy (non-hydrogen) atoms. The Balaban J connectivity index is 3.15. The number of rotatable bonds is 12. The van der Waals surface area contributed by atoms with E-state index in [4.69, 9.17) is 25.1 Å². The van der Waals surface area contributed by atoms with Gasteiger partial charge in [0.1, 0.15) is 0 Å². The fourth-order valence-corrected chi connectivity index (χ4v) is 6.17. The van der Waals surface area contributed by atoms with Crippen molar-refractivity contribution in [3.63, 3.8) is 0 Å². The molecule has 4 nitrogen and oxygen atoms in total. The quantitative estimate of drug-likeness (QED) is 0.212. The minimum absolute atomic E-state index is 0.402. The monoisotopic (exact) mass is 406 g/mol. The summed E-state index contributed by atoms with van der Waals surface area (Å²) in [4.78, 5) is 0. The van der Waals surface area contributed by atoms with Gasteiger partial charge >= 0.3 is 7.60 Å². The van der Waals surface area contributed by atoms with Crippen molar-refractivity contribution in [1.82, 2.24) is 0 Å². The van der Waals surface area contributed by atoms with Crippen LogP contribution in [0.5, 0.6) is 0 Å². The molecule has 0 spiro atoms. The molecule has 0 N–H and O–H groups in total. The van der Waals surface area contributed by atoms with E-state index < -0.39 is 21.8 Å². The zero-order valence-corrected chi connectivity index (χ0v) is 18.7. The Bertz CT molecular complexity index is 531. The Hall–Kier alpha value is -0.163. The zero-order chi connectivity index (χ0) is 18.9. The molecule has 1 aromatic carbocycles. The van der Waals surface area contributed by atoms with Crippen molar-refractivity contribution in [2.45, 2.75) is 65.0 Å². The van der Waals surface area contributed by atoms with E-state index in [0.29, 0.717) is 18.2 Å². The van der Waals surface area contributed by atoms with E-state index in [2.05, 4.69) is 33.5 Å². The van der Waals surface area contributed by atoms with Crippen molar-refractivity contribution in [1.29, 1.82) is 0 Å². The van der Waals surface area contributed by atoms with E-state index >= 15 is 0 Å². The smallest absolute Gasteiger partial charge is 0.362 e. The Morgan fingerprint density at radius 3 is 1.88 bits per heavy atom. The molecule has 0 saturated carbocycles. The topological polar surface area (TPSA) is 44.8 Å². The molecule has 0 amide bonds. The molecule has 0 bridgehead atoms. The van der Waals surface area contributed by atoms with Crippen molar-refractivity contribution in [2.75, 3.05) is 13.2 Å². The van der Waals surface area contributed by atoms with Crippen LogP contribution >= 0.6 is 19.2 Å². The third-order valence-electron chi connectivity index (χ3n) is 3.45. The van der Waals surface area contributed by atoms with E-state index in [0.717, 1.165) is 31.2 Å². The van der Waals surface area contributed by atoms with Crippen LogP contribution in [0.4, 0.5) is 0 Å². The van der Waals surface area contributed by atoms with E-state index in [1.807, 2.05) is 12.1 Å². The summed E-state index contributed by atoms with van der Waals surface area (Å²) in [6.07, 6.45) is 3.60. The maximum atomic E-state index is 13.6. The van der Waals surface area contributed by atoms with Gasteiger partial charge < -0.3 is 13.5 Å². The summed E-state index contributed by atoms with van der Waals surface area (Å²) in [5.41, 5.74) is 0.781. The van der Waals surface area contributed by atoms with E-state index in [9.17, 15) is 4.57 Å². The molecule has 0 saturated heterocycles. The molecule has 7 heteroatoms. The van der Waals surface area contributed by atoms with Gasteiger partial charge in [0.25, 0.3) is 0 Å². The summed E-state index contributed by atoms with van der Waals surface area (Å²) in [5, 5.41) is 0.629. The van der Waals surface area contributed by atoms with E-state index in [-0.39, 0.29) is 0 Å². The first-order valence-electron chi connectivity index (χ1n) is 9.04. The van der Waals surface area contributed by atoms with Gasteiger partial charge in [-0.1, -0.05) is 50.4 Å². The van der Waals surface area contributed by atoms with Gasteiger partial charge in [0.05, 0.1) is 13.2 Å². The third-order valence-corrected chi connectivity index (χ3v) is 6.90. The van der Waals surface area contributed by atoms with Gasteiger partial charge in [-0.2, -0.15) is 0 Å². The second-order valence-corrected chi connectivity index (χ2v) is 14.0. The minimum Gasteiger partial charge on any atom is -0.400 e. The highest BCUT2D eigenvalue weighted by atomic mass is 35.5. The molecule has 0 aliphatic heterocycles. The first kappa shape index (κ1) is 22.9. The second kappa shape index (κ2) is 10.9. The van der Waals surface area contributed by atoms with Gasteiger partial charge in [0.15, 0.2) is 14.2 Å². The summed E-state index contributed by atoms with van der Waals surface area (Å²) in [7, 11) is -5.44. The van der Waals surface area contributed by atoms with E-state index in [1.54, 1.807) is 12.1 Å². The standard InChI is InChI=1S/C18H32ClO4PSi/c1-6-8-14-21-24(20,22-15-9-7-2)18(23-25(3,4)5)16-10-12-17(19)13-11-16/h10-13,18H,6-9,14-15H2,1-5H3/t18-/m1/s1. The largest absolute Gasteiger partial charge is 0.400 e. The normalized spacial score (nSPS) is 13.8. The van der Waals surface area contributed by atoms with Crippen molar-refractivity contribution in [3.8, 4) is 0 Å². The SMILES string of the molecule is CCCCOP(=O)(OCCCC)[C@@H](O[Si](C)(C)C)c1ccc(Cl)cc1. The average Bonchev–Trinajstić information content (AvgIpc) is 2.53. The number of halogens is 1. The Kier molecular flexibility index (Phi) is 9.94. The van der Waals surface area contributed by atoms with Gasteiger partial charge in [0.2, 0.25) is 0 Å². The first-order chi connectivity index (χ1) is 11.7. The fraction of sp³-hybridized carbons (Fsp3) is 0.667. The number of hydrogen-bond acceptors (Lipinski definition) is 4. The van der Waals surface area contributed by atoms with Crippen LogP contribution < -0.4 is 0 Å². The van der Waals surface area contributed by atoms with Crippen LogP contribution in [0.25, 0.3) is 0 Å². The molecule has 1 atom stereocenters. The molecule has 0 radical (unpaired) electrons. The number of unbranched alkanes of at least 4 members (excludes halogenated alkanes) is 2. The predicted molar refractivity (Wildman–Crippen MR) is 108 cm³/mol. The van der Waals surface area contributed by atoms with Crippen molar-refractivity contribution in [3.05, 3.63) is 34.9 Å². The molecule has 1 aromatic rings. The molecule has 0 heterocycles. The van der Waals surface area contributed by atoms with Crippen LogP contribution in [0.15, 0.2) is 24.3 Å². The highest BCUT2D eigenvalue weighted by Crippen LogP contribution is 2.62. The molecule has 0 aliphatic rings. The first-order valence-corrected chi connectivity index (χ1v) is 14.4. The molecule has 0 fully saturated rings. The summed E-state index contributed by atoms with van der Waals surface area (Å²) in [6, 6.07) is 7.23. The van der Waals surface area contributed by atoms with Crippen LogP contribution in [0.2, 0.25) is 24.7 Å². The average molecular weight is 407 g/mol. The molecule has 0 aromatic heterocycles. The van der Waals surface area contributed by atoms with Crippen molar-refractivity contribution in [2.24, 2.45) is 0 Å². The van der Waals surface area contributed by atoms with Gasteiger partial charge in [-0.15, -0.1) is 0 Å². The predicted octanol–water partition coefficient (Wildman–Crippen LogP) is 7.02. The molecule has 0 aliphatic carbocycles. The second-order valence-electron chi connectivity index (χ2n) is 7.05. The number of hydrogen-bond donors (Lipinski definition) is 0. The molecule has 1 rings (SSSR count). The molecular weight excluding hydrogens is 375 g/mol. The highest BCUT2D eigenvalue weighted by Gasteiger charge is 2.41. The van der Waals surface area contributed by atoms with Crippen molar-refractivity contribution < 1.29 is 18.0 Å². The lowest BCUT2D eigenvalue weighted by Gasteiger charge is -2.32.